The molecular formula is C14H23FN2O. The lowest BCUT2D eigenvalue weighted by Crippen LogP contribution is -2.36. The van der Waals surface area contributed by atoms with Crippen LogP contribution in [0.3, 0.4) is 0 Å². The van der Waals surface area contributed by atoms with Gasteiger partial charge in [-0.2, -0.15) is 0 Å². The third-order valence-electron chi connectivity index (χ3n) is 3.36. The molecule has 0 atom stereocenters. The van der Waals surface area contributed by atoms with E-state index in [-0.39, 0.29) is 12.4 Å². The minimum absolute atomic E-state index is 0.0743. The third kappa shape index (κ3) is 3.68. The number of anilines is 1. The first-order valence-corrected chi connectivity index (χ1v) is 6.51. The number of aliphatic hydroxyl groups is 1. The van der Waals surface area contributed by atoms with Crippen molar-refractivity contribution in [1.82, 2.24) is 4.90 Å². The van der Waals surface area contributed by atoms with E-state index < -0.39 is 0 Å². The van der Waals surface area contributed by atoms with E-state index in [9.17, 15) is 4.39 Å². The van der Waals surface area contributed by atoms with Crippen LogP contribution in [-0.2, 0) is 6.54 Å². The smallest absolute Gasteiger partial charge is 0.129 e. The van der Waals surface area contributed by atoms with Crippen LogP contribution >= 0.6 is 0 Å². The molecule has 0 aliphatic carbocycles. The molecular weight excluding hydrogens is 231 g/mol. The number of aliphatic hydroxyl groups excluding tert-OH is 1. The molecule has 0 spiro atoms. The molecule has 0 fully saturated rings. The van der Waals surface area contributed by atoms with Crippen LogP contribution in [0.5, 0.6) is 0 Å². The van der Waals surface area contributed by atoms with E-state index in [0.717, 1.165) is 12.8 Å². The van der Waals surface area contributed by atoms with Gasteiger partial charge in [0.15, 0.2) is 0 Å². The molecule has 4 heteroatoms. The summed E-state index contributed by atoms with van der Waals surface area (Å²) < 4.78 is 13.8. The summed E-state index contributed by atoms with van der Waals surface area (Å²) in [6, 6.07) is 5.09. The number of benzene rings is 1. The van der Waals surface area contributed by atoms with Gasteiger partial charge in [0.25, 0.3) is 0 Å². The van der Waals surface area contributed by atoms with E-state index in [1.54, 1.807) is 12.1 Å². The molecule has 0 amide bonds. The Morgan fingerprint density at radius 3 is 2.50 bits per heavy atom. The average molecular weight is 254 g/mol. The lowest BCUT2D eigenvalue weighted by atomic mass is 10.1. The Bertz CT molecular complexity index is 347. The van der Waals surface area contributed by atoms with E-state index in [0.29, 0.717) is 30.4 Å². The van der Waals surface area contributed by atoms with Crippen molar-refractivity contribution in [2.45, 2.75) is 39.3 Å². The number of hydrogen-bond acceptors (Lipinski definition) is 3. The molecule has 0 aliphatic rings. The van der Waals surface area contributed by atoms with Crippen molar-refractivity contribution in [3.05, 3.63) is 29.6 Å². The van der Waals surface area contributed by atoms with Crippen molar-refractivity contribution in [2.24, 2.45) is 0 Å². The zero-order valence-electron chi connectivity index (χ0n) is 11.2. The fourth-order valence-electron chi connectivity index (χ4n) is 2.27. The lowest BCUT2D eigenvalue weighted by molar-refractivity contribution is 0.135. The van der Waals surface area contributed by atoms with Gasteiger partial charge in [0.2, 0.25) is 0 Å². The predicted octanol–water partition coefficient (Wildman–Crippen LogP) is 2.39. The van der Waals surface area contributed by atoms with Crippen LogP contribution < -0.4 is 5.73 Å². The summed E-state index contributed by atoms with van der Waals surface area (Å²) in [5, 5.41) is 9.13. The highest BCUT2D eigenvalue weighted by atomic mass is 19.1. The molecule has 1 aromatic carbocycles. The molecule has 18 heavy (non-hydrogen) atoms. The Labute approximate surface area is 108 Å². The zero-order valence-corrected chi connectivity index (χ0v) is 11.2. The summed E-state index contributed by atoms with van der Waals surface area (Å²) in [4.78, 5) is 2.09. The molecule has 0 bridgehead atoms. The minimum atomic E-state index is -0.274. The van der Waals surface area contributed by atoms with E-state index in [1.165, 1.54) is 6.07 Å². The summed E-state index contributed by atoms with van der Waals surface area (Å²) in [5.74, 6) is -0.274. The fourth-order valence-corrected chi connectivity index (χ4v) is 2.27. The summed E-state index contributed by atoms with van der Waals surface area (Å²) >= 11 is 0. The summed E-state index contributed by atoms with van der Waals surface area (Å²) in [5.41, 5.74) is 6.82. The number of halogens is 1. The Morgan fingerprint density at radius 1 is 1.33 bits per heavy atom. The third-order valence-corrected chi connectivity index (χ3v) is 3.36. The normalized spacial score (nSPS) is 11.4. The molecule has 3 N–H and O–H groups in total. The van der Waals surface area contributed by atoms with Crippen LogP contribution in [0.1, 0.15) is 32.3 Å². The quantitative estimate of drug-likeness (QED) is 0.735. The second kappa shape index (κ2) is 7.34. The van der Waals surface area contributed by atoms with Gasteiger partial charge in [0, 0.05) is 30.4 Å². The standard InChI is InChI=1S/C14H23FN2O/c1-3-11(4-2)17(8-9-18)10-12-13(15)6-5-7-14(12)16/h5-7,11,18H,3-4,8-10,16H2,1-2H3. The number of nitrogens with two attached hydrogens (primary N) is 1. The Balaban J connectivity index is 2.89. The highest BCUT2D eigenvalue weighted by Gasteiger charge is 2.17. The van der Waals surface area contributed by atoms with Crippen LogP contribution in [0.15, 0.2) is 18.2 Å². The Kier molecular flexibility index (Phi) is 6.09. The minimum Gasteiger partial charge on any atom is -0.398 e. The molecule has 1 aromatic rings. The van der Waals surface area contributed by atoms with E-state index in [1.807, 2.05) is 0 Å². The molecule has 3 nitrogen and oxygen atoms in total. The highest BCUT2D eigenvalue weighted by molar-refractivity contribution is 5.47. The topological polar surface area (TPSA) is 49.5 Å². The van der Waals surface area contributed by atoms with Crippen LogP contribution in [0.2, 0.25) is 0 Å². The van der Waals surface area contributed by atoms with Gasteiger partial charge in [-0.1, -0.05) is 19.9 Å². The highest BCUT2D eigenvalue weighted by Crippen LogP contribution is 2.20. The summed E-state index contributed by atoms with van der Waals surface area (Å²) in [7, 11) is 0. The molecule has 0 saturated carbocycles. The SMILES string of the molecule is CCC(CC)N(CCO)Cc1c(N)cccc1F. The van der Waals surface area contributed by atoms with Gasteiger partial charge in [-0.15, -0.1) is 0 Å². The predicted molar refractivity (Wildman–Crippen MR) is 72.7 cm³/mol. The Morgan fingerprint density at radius 2 is 2.00 bits per heavy atom. The maximum Gasteiger partial charge on any atom is 0.129 e. The number of nitrogens with zero attached hydrogens (tertiary/aromatic N) is 1. The summed E-state index contributed by atoms with van der Waals surface area (Å²) in [6.07, 6.45) is 1.95. The van der Waals surface area contributed by atoms with Gasteiger partial charge in [-0.25, -0.2) is 4.39 Å². The maximum absolute atomic E-state index is 13.8. The maximum atomic E-state index is 13.8. The zero-order chi connectivity index (χ0) is 13.5. The van der Waals surface area contributed by atoms with Gasteiger partial charge in [-0.05, 0) is 25.0 Å². The van der Waals surface area contributed by atoms with Crippen molar-refractivity contribution in [1.29, 1.82) is 0 Å². The molecule has 0 saturated heterocycles. The van der Waals surface area contributed by atoms with Crippen LogP contribution in [0, 0.1) is 5.82 Å². The average Bonchev–Trinajstić information content (AvgIpc) is 2.35. The first-order chi connectivity index (χ1) is 8.63. The monoisotopic (exact) mass is 254 g/mol. The molecule has 0 aliphatic heterocycles. The molecule has 0 heterocycles. The van der Waals surface area contributed by atoms with E-state index in [2.05, 4.69) is 18.7 Å². The largest absolute Gasteiger partial charge is 0.398 e. The van der Waals surface area contributed by atoms with Crippen LogP contribution in [-0.4, -0.2) is 29.2 Å². The van der Waals surface area contributed by atoms with Crippen molar-refractivity contribution in [2.75, 3.05) is 18.9 Å². The van der Waals surface area contributed by atoms with Crippen molar-refractivity contribution < 1.29 is 9.50 Å². The first-order valence-electron chi connectivity index (χ1n) is 6.51. The number of nitrogen functional groups attached to an aromatic ring is 1. The van der Waals surface area contributed by atoms with Gasteiger partial charge in [0.05, 0.1) is 6.61 Å². The molecule has 1 rings (SSSR count). The molecule has 0 unspecified atom stereocenters. The van der Waals surface area contributed by atoms with Crippen molar-refractivity contribution in [3.63, 3.8) is 0 Å². The first kappa shape index (κ1) is 14.9. The van der Waals surface area contributed by atoms with E-state index >= 15 is 0 Å². The fraction of sp³-hybridized carbons (Fsp3) is 0.571. The van der Waals surface area contributed by atoms with Crippen LogP contribution in [0.25, 0.3) is 0 Å². The Hall–Kier alpha value is -1.13. The molecule has 0 aromatic heterocycles. The van der Waals surface area contributed by atoms with Gasteiger partial charge in [-0.3, -0.25) is 4.90 Å². The lowest BCUT2D eigenvalue weighted by Gasteiger charge is -2.30. The van der Waals surface area contributed by atoms with Crippen molar-refractivity contribution in [3.8, 4) is 0 Å². The van der Waals surface area contributed by atoms with Gasteiger partial charge >= 0.3 is 0 Å². The van der Waals surface area contributed by atoms with Gasteiger partial charge < -0.3 is 10.8 Å². The molecule has 102 valence electrons. The van der Waals surface area contributed by atoms with Crippen molar-refractivity contribution >= 4 is 5.69 Å². The van der Waals surface area contributed by atoms with Gasteiger partial charge in [0.1, 0.15) is 5.82 Å². The van der Waals surface area contributed by atoms with Crippen LogP contribution in [0.4, 0.5) is 10.1 Å². The second-order valence-corrected chi connectivity index (χ2v) is 4.47. The second-order valence-electron chi connectivity index (χ2n) is 4.47. The summed E-state index contributed by atoms with van der Waals surface area (Å²) in [6.45, 7) is 5.27. The van der Waals surface area contributed by atoms with E-state index in [4.69, 9.17) is 10.8 Å². The number of hydrogen-bond donors (Lipinski definition) is 2. The number of rotatable bonds is 7. The molecule has 0 radical (unpaired) electrons.